The minimum Gasteiger partial charge on any atom is -0.493 e. The Bertz CT molecular complexity index is 1110. The summed E-state index contributed by atoms with van der Waals surface area (Å²) in [5, 5.41) is 11.6. The number of nitrogens with one attached hydrogen (secondary N) is 1. The minimum absolute atomic E-state index is 0.0954. The molecule has 30 heavy (non-hydrogen) atoms. The lowest BCUT2D eigenvalue weighted by Gasteiger charge is -2.11. The molecule has 5 nitrogen and oxygen atoms in total. The summed E-state index contributed by atoms with van der Waals surface area (Å²) in [6, 6.07) is 12.9. The molecule has 0 saturated carbocycles. The van der Waals surface area contributed by atoms with E-state index in [1.165, 1.54) is 23.1 Å². The van der Waals surface area contributed by atoms with Gasteiger partial charge >= 0.3 is 0 Å². The molecule has 1 aromatic heterocycles. The average Bonchev–Trinajstić information content (AvgIpc) is 3.36. The molecule has 1 aliphatic rings. The number of thiazole rings is 1. The van der Waals surface area contributed by atoms with Gasteiger partial charge in [0.15, 0.2) is 17.3 Å². The number of carbonyl (C=O) groups excluding carboxylic acids is 1. The number of carbonyl (C=O) groups is 1. The highest BCUT2D eigenvalue weighted by molar-refractivity contribution is 8.19. The van der Waals surface area contributed by atoms with Crippen molar-refractivity contribution in [1.29, 1.82) is 5.41 Å². The van der Waals surface area contributed by atoms with Crippen molar-refractivity contribution in [3.63, 3.8) is 0 Å². The number of ketones is 1. The Morgan fingerprint density at radius 2 is 2.00 bits per heavy atom. The number of nitrogens with zero attached hydrogens (tertiary/aromatic N) is 1. The van der Waals surface area contributed by atoms with Crippen LogP contribution in [0.4, 0.5) is 0 Å². The van der Waals surface area contributed by atoms with Gasteiger partial charge in [0.05, 0.1) is 17.1 Å². The predicted octanol–water partition coefficient (Wildman–Crippen LogP) is 5.80. The molecule has 0 spiro atoms. The number of methoxy groups -OCH3 is 1. The van der Waals surface area contributed by atoms with Gasteiger partial charge in [-0.1, -0.05) is 41.6 Å². The van der Waals surface area contributed by atoms with Crippen LogP contribution in [0.15, 0.2) is 58.9 Å². The average molecular weight is 457 g/mol. The normalized spacial score (nSPS) is 17.5. The van der Waals surface area contributed by atoms with Gasteiger partial charge in [-0.05, 0) is 41.5 Å². The van der Waals surface area contributed by atoms with Crippen LogP contribution in [0.1, 0.15) is 22.1 Å². The number of benzene rings is 2. The molecule has 0 bridgehead atoms. The number of thioether (sulfide) groups is 1. The Hall–Kier alpha value is -2.61. The molecule has 0 unspecified atom stereocenters. The smallest absolute Gasteiger partial charge is 0.186 e. The standard InChI is InChI=1S/C22H17ClN2O3S2/c1-27-17-10-14(4-7-16(17)28-12-13-2-5-15(23)6-3-13)11-18-20(26)19(21(24)30-18)22-25-8-9-29-22/h2-11,19,24H,12H2,1H3/b18-11-,24-21?/t19-/m0/s1. The monoisotopic (exact) mass is 456 g/mol. The number of rotatable bonds is 6. The molecule has 0 amide bonds. The van der Waals surface area contributed by atoms with E-state index >= 15 is 0 Å². The fourth-order valence-corrected chi connectivity index (χ4v) is 4.91. The largest absolute Gasteiger partial charge is 0.493 e. The summed E-state index contributed by atoms with van der Waals surface area (Å²) in [5.41, 5.74) is 1.79. The number of hydrogen-bond donors (Lipinski definition) is 1. The van der Waals surface area contributed by atoms with Crippen molar-refractivity contribution in [3.8, 4) is 11.5 Å². The van der Waals surface area contributed by atoms with Crippen LogP contribution in [0.2, 0.25) is 5.02 Å². The Labute approximate surface area is 187 Å². The molecule has 0 radical (unpaired) electrons. The molecule has 2 aromatic carbocycles. The summed E-state index contributed by atoms with van der Waals surface area (Å²) >= 11 is 8.48. The van der Waals surface area contributed by atoms with Crippen molar-refractivity contribution in [2.45, 2.75) is 12.5 Å². The first kappa shape index (κ1) is 20.7. The zero-order valence-electron chi connectivity index (χ0n) is 15.9. The van der Waals surface area contributed by atoms with Crippen LogP contribution in [-0.2, 0) is 11.4 Å². The van der Waals surface area contributed by atoms with Gasteiger partial charge in [0.1, 0.15) is 17.5 Å². The molecular weight excluding hydrogens is 440 g/mol. The van der Waals surface area contributed by atoms with Gasteiger partial charge in [0, 0.05) is 16.6 Å². The molecule has 1 fully saturated rings. The van der Waals surface area contributed by atoms with Crippen LogP contribution in [0.3, 0.4) is 0 Å². The van der Waals surface area contributed by atoms with Crippen molar-refractivity contribution in [1.82, 2.24) is 4.98 Å². The SMILES string of the molecule is COc1cc(/C=C2\SC(=N)[C@@H](c3nccs3)C2=O)ccc1OCc1ccc(Cl)cc1. The van der Waals surface area contributed by atoms with Crippen molar-refractivity contribution < 1.29 is 14.3 Å². The van der Waals surface area contributed by atoms with Crippen molar-refractivity contribution in [2.24, 2.45) is 0 Å². The first-order valence-corrected chi connectivity index (χ1v) is 11.1. The van der Waals surface area contributed by atoms with E-state index in [4.69, 9.17) is 26.5 Å². The Kier molecular flexibility index (Phi) is 6.22. The van der Waals surface area contributed by atoms with Crippen molar-refractivity contribution in [3.05, 3.63) is 80.1 Å². The second kappa shape index (κ2) is 9.04. The number of aromatic nitrogens is 1. The summed E-state index contributed by atoms with van der Waals surface area (Å²) < 4.78 is 11.3. The molecule has 2 heterocycles. The van der Waals surface area contributed by atoms with E-state index in [0.717, 1.165) is 11.1 Å². The first-order valence-electron chi connectivity index (χ1n) is 9.02. The third kappa shape index (κ3) is 4.43. The summed E-state index contributed by atoms with van der Waals surface area (Å²) in [6.07, 6.45) is 3.43. The lowest BCUT2D eigenvalue weighted by atomic mass is 10.0. The topological polar surface area (TPSA) is 72.3 Å². The predicted molar refractivity (Wildman–Crippen MR) is 122 cm³/mol. The van der Waals surface area contributed by atoms with Gasteiger partial charge in [-0.2, -0.15) is 0 Å². The van der Waals surface area contributed by atoms with Crippen LogP contribution in [0, 0.1) is 5.41 Å². The zero-order chi connectivity index (χ0) is 21.1. The van der Waals surface area contributed by atoms with E-state index in [2.05, 4.69) is 4.98 Å². The van der Waals surface area contributed by atoms with Crippen LogP contribution in [-0.4, -0.2) is 22.9 Å². The summed E-state index contributed by atoms with van der Waals surface area (Å²) in [5.74, 6) is 0.487. The quantitative estimate of drug-likeness (QED) is 0.474. The van der Waals surface area contributed by atoms with E-state index in [-0.39, 0.29) is 5.78 Å². The van der Waals surface area contributed by atoms with Gasteiger partial charge < -0.3 is 9.47 Å². The lowest BCUT2D eigenvalue weighted by Crippen LogP contribution is -2.11. The number of ether oxygens (including phenoxy) is 2. The van der Waals surface area contributed by atoms with Crippen LogP contribution in [0.25, 0.3) is 6.08 Å². The second-order valence-electron chi connectivity index (χ2n) is 6.47. The van der Waals surface area contributed by atoms with E-state index in [0.29, 0.717) is 38.1 Å². The van der Waals surface area contributed by atoms with Gasteiger partial charge in [0.25, 0.3) is 0 Å². The number of hydrogen-bond acceptors (Lipinski definition) is 7. The second-order valence-corrected chi connectivity index (χ2v) is 8.91. The zero-order valence-corrected chi connectivity index (χ0v) is 18.3. The summed E-state index contributed by atoms with van der Waals surface area (Å²) in [6.45, 7) is 0.384. The Morgan fingerprint density at radius 3 is 2.70 bits per heavy atom. The van der Waals surface area contributed by atoms with Gasteiger partial charge in [0.2, 0.25) is 0 Å². The molecule has 0 aliphatic carbocycles. The maximum absolute atomic E-state index is 12.8. The maximum atomic E-state index is 12.8. The maximum Gasteiger partial charge on any atom is 0.186 e. The summed E-state index contributed by atoms with van der Waals surface area (Å²) in [4.78, 5) is 17.5. The number of halogens is 1. The van der Waals surface area contributed by atoms with E-state index in [9.17, 15) is 4.79 Å². The van der Waals surface area contributed by atoms with Crippen molar-refractivity contribution >= 4 is 51.6 Å². The molecule has 1 atom stereocenters. The van der Waals surface area contributed by atoms with Crippen LogP contribution < -0.4 is 9.47 Å². The molecule has 152 valence electrons. The highest BCUT2D eigenvalue weighted by Gasteiger charge is 2.38. The summed E-state index contributed by atoms with van der Waals surface area (Å²) in [7, 11) is 1.57. The van der Waals surface area contributed by atoms with Crippen molar-refractivity contribution in [2.75, 3.05) is 7.11 Å². The fraction of sp³-hybridized carbons (Fsp3) is 0.136. The fourth-order valence-electron chi connectivity index (χ4n) is 2.98. The molecule has 4 rings (SSSR count). The van der Waals surface area contributed by atoms with E-state index in [1.807, 2.05) is 47.8 Å². The first-order chi connectivity index (χ1) is 14.5. The molecule has 8 heteroatoms. The highest BCUT2D eigenvalue weighted by atomic mass is 35.5. The van der Waals surface area contributed by atoms with E-state index < -0.39 is 5.92 Å². The minimum atomic E-state index is -0.592. The highest BCUT2D eigenvalue weighted by Crippen LogP contribution is 2.41. The number of allylic oxidation sites excluding steroid dienone is 1. The third-order valence-corrected chi connectivity index (χ3v) is 6.57. The number of Topliss-reactive ketones (excluding diaryl/α,β-unsaturated/α-hetero) is 1. The Morgan fingerprint density at radius 1 is 1.20 bits per heavy atom. The molecule has 3 aromatic rings. The molecular formula is C22H17ClN2O3S2. The van der Waals surface area contributed by atoms with Gasteiger partial charge in [-0.15, -0.1) is 11.3 Å². The lowest BCUT2D eigenvalue weighted by molar-refractivity contribution is -0.114. The molecule has 1 aliphatic heterocycles. The van der Waals surface area contributed by atoms with Crippen LogP contribution >= 0.6 is 34.7 Å². The Balaban J connectivity index is 1.52. The van der Waals surface area contributed by atoms with Gasteiger partial charge in [-0.3, -0.25) is 10.2 Å². The third-order valence-electron chi connectivity index (χ3n) is 4.48. The van der Waals surface area contributed by atoms with Gasteiger partial charge in [-0.25, -0.2) is 4.98 Å². The van der Waals surface area contributed by atoms with E-state index in [1.54, 1.807) is 19.4 Å². The molecule has 1 N–H and O–H groups in total. The van der Waals surface area contributed by atoms with Crippen LogP contribution in [0.5, 0.6) is 11.5 Å². The molecule has 1 saturated heterocycles.